The molecule has 0 atom stereocenters. The van der Waals surface area contributed by atoms with E-state index < -0.39 is 0 Å². The fraction of sp³-hybridized carbons (Fsp3) is 0.250. The zero-order valence-electron chi connectivity index (χ0n) is 10.7. The molecule has 0 saturated heterocycles. The molecule has 2 aromatic rings. The van der Waals surface area contributed by atoms with Crippen molar-refractivity contribution in [1.29, 1.82) is 0 Å². The summed E-state index contributed by atoms with van der Waals surface area (Å²) in [6.07, 6.45) is 0. The number of nitrogens with zero attached hydrogens (tertiary/aromatic N) is 2. The minimum Gasteiger partial charge on any atom is -0.497 e. The Balaban J connectivity index is 1.88. The van der Waals surface area contributed by atoms with Gasteiger partial charge in [-0.25, -0.2) is 0 Å². The van der Waals surface area contributed by atoms with Crippen LogP contribution in [0.1, 0.15) is 5.01 Å². The average molecular weight is 311 g/mol. The number of amides is 1. The second-order valence-corrected chi connectivity index (χ2v) is 5.97. The monoisotopic (exact) mass is 311 g/mol. The number of methoxy groups -OCH3 is 1. The zero-order valence-corrected chi connectivity index (χ0v) is 12.4. The van der Waals surface area contributed by atoms with E-state index in [4.69, 9.17) is 15.2 Å². The van der Waals surface area contributed by atoms with E-state index in [1.807, 2.05) is 18.2 Å². The molecule has 0 saturated carbocycles. The molecular formula is C12H13N3O3S2. The predicted octanol–water partition coefficient (Wildman–Crippen LogP) is 1.70. The summed E-state index contributed by atoms with van der Waals surface area (Å²) >= 11 is 2.65. The summed E-state index contributed by atoms with van der Waals surface area (Å²) in [7, 11) is 1.60. The summed E-state index contributed by atoms with van der Waals surface area (Å²) in [5.41, 5.74) is 5.07. The number of nitrogens with two attached hydrogens (primary N) is 1. The number of carbonyl (C=O) groups is 1. The van der Waals surface area contributed by atoms with Crippen LogP contribution in [-0.2, 0) is 11.4 Å². The van der Waals surface area contributed by atoms with Crippen LogP contribution in [0.4, 0.5) is 0 Å². The van der Waals surface area contributed by atoms with E-state index in [1.54, 1.807) is 13.2 Å². The Morgan fingerprint density at radius 2 is 2.20 bits per heavy atom. The second kappa shape index (κ2) is 7.11. The van der Waals surface area contributed by atoms with Crippen LogP contribution in [0, 0.1) is 0 Å². The summed E-state index contributed by atoms with van der Waals surface area (Å²) in [5.74, 6) is 1.26. The molecule has 0 radical (unpaired) electrons. The van der Waals surface area contributed by atoms with Gasteiger partial charge in [-0.2, -0.15) is 0 Å². The molecule has 20 heavy (non-hydrogen) atoms. The maximum absolute atomic E-state index is 10.7. The molecule has 0 aliphatic heterocycles. The van der Waals surface area contributed by atoms with Crippen molar-refractivity contribution in [2.75, 3.05) is 12.9 Å². The average Bonchev–Trinajstić information content (AvgIpc) is 2.91. The highest BCUT2D eigenvalue weighted by molar-refractivity contribution is 8.01. The number of thioether (sulfide) groups is 1. The van der Waals surface area contributed by atoms with Crippen LogP contribution in [0.15, 0.2) is 28.6 Å². The van der Waals surface area contributed by atoms with Gasteiger partial charge in [0.1, 0.15) is 18.1 Å². The Morgan fingerprint density at radius 1 is 1.40 bits per heavy atom. The highest BCUT2D eigenvalue weighted by Crippen LogP contribution is 2.24. The Morgan fingerprint density at radius 3 is 2.95 bits per heavy atom. The second-order valence-electron chi connectivity index (χ2n) is 3.68. The molecule has 0 unspecified atom stereocenters. The van der Waals surface area contributed by atoms with E-state index >= 15 is 0 Å². The van der Waals surface area contributed by atoms with Crippen molar-refractivity contribution in [2.24, 2.45) is 5.73 Å². The quantitative estimate of drug-likeness (QED) is 0.783. The molecule has 2 N–H and O–H groups in total. The number of carbonyl (C=O) groups excluding carboxylic acids is 1. The molecular weight excluding hydrogens is 298 g/mol. The molecule has 0 bridgehead atoms. The van der Waals surface area contributed by atoms with Gasteiger partial charge in [-0.1, -0.05) is 29.2 Å². The minimum absolute atomic E-state index is 0.200. The summed E-state index contributed by atoms with van der Waals surface area (Å²) in [5, 5.41) is 8.68. The van der Waals surface area contributed by atoms with E-state index in [2.05, 4.69) is 10.2 Å². The van der Waals surface area contributed by atoms with Gasteiger partial charge in [0.25, 0.3) is 0 Å². The molecule has 1 amide bonds. The van der Waals surface area contributed by atoms with E-state index in [0.29, 0.717) is 16.7 Å². The van der Waals surface area contributed by atoms with Gasteiger partial charge in [0.15, 0.2) is 9.35 Å². The van der Waals surface area contributed by atoms with Crippen molar-refractivity contribution in [3.63, 3.8) is 0 Å². The first kappa shape index (κ1) is 14.6. The predicted molar refractivity (Wildman–Crippen MR) is 77.2 cm³/mol. The lowest BCUT2D eigenvalue weighted by atomic mass is 10.3. The molecule has 106 valence electrons. The standard InChI is InChI=1S/C12H13N3O3S2/c1-17-8-3-2-4-9(5-8)18-6-11-14-15-12(20-11)19-7-10(13)16/h2-5H,6-7H2,1H3,(H2,13,16). The first-order chi connectivity index (χ1) is 9.67. The first-order valence-electron chi connectivity index (χ1n) is 5.67. The van der Waals surface area contributed by atoms with Crippen LogP contribution in [0.3, 0.4) is 0 Å². The molecule has 1 aromatic carbocycles. The third-order valence-corrected chi connectivity index (χ3v) is 4.24. The topological polar surface area (TPSA) is 87.3 Å². The fourth-order valence-corrected chi connectivity index (χ4v) is 2.87. The number of hydrogen-bond donors (Lipinski definition) is 1. The van der Waals surface area contributed by atoms with Crippen molar-refractivity contribution in [3.05, 3.63) is 29.3 Å². The summed E-state index contributed by atoms with van der Waals surface area (Å²) < 4.78 is 11.4. The lowest BCUT2D eigenvalue weighted by Gasteiger charge is -2.05. The van der Waals surface area contributed by atoms with Crippen molar-refractivity contribution in [2.45, 2.75) is 10.9 Å². The van der Waals surface area contributed by atoms with Gasteiger partial charge in [0, 0.05) is 6.07 Å². The third kappa shape index (κ3) is 4.39. The van der Waals surface area contributed by atoms with Crippen molar-refractivity contribution >= 4 is 29.0 Å². The number of aromatic nitrogens is 2. The van der Waals surface area contributed by atoms with E-state index in [1.165, 1.54) is 23.1 Å². The van der Waals surface area contributed by atoms with Crippen molar-refractivity contribution in [1.82, 2.24) is 10.2 Å². The molecule has 0 fully saturated rings. The maximum Gasteiger partial charge on any atom is 0.227 e. The van der Waals surface area contributed by atoms with E-state index in [-0.39, 0.29) is 11.7 Å². The molecule has 2 rings (SSSR count). The van der Waals surface area contributed by atoms with Crippen LogP contribution in [-0.4, -0.2) is 29.0 Å². The van der Waals surface area contributed by atoms with Crippen molar-refractivity contribution < 1.29 is 14.3 Å². The number of benzene rings is 1. The van der Waals surface area contributed by atoms with Crippen LogP contribution in [0.5, 0.6) is 11.5 Å². The van der Waals surface area contributed by atoms with Crippen LogP contribution >= 0.6 is 23.1 Å². The summed E-state index contributed by atoms with van der Waals surface area (Å²) in [4.78, 5) is 10.7. The van der Waals surface area contributed by atoms with Gasteiger partial charge >= 0.3 is 0 Å². The zero-order chi connectivity index (χ0) is 14.4. The molecule has 0 aliphatic rings. The van der Waals surface area contributed by atoms with Gasteiger partial charge in [0.2, 0.25) is 5.91 Å². The number of hydrogen-bond acceptors (Lipinski definition) is 7. The number of rotatable bonds is 7. The van der Waals surface area contributed by atoms with Gasteiger partial charge in [0.05, 0.1) is 12.9 Å². The summed E-state index contributed by atoms with van der Waals surface area (Å²) in [6.45, 7) is 0.321. The SMILES string of the molecule is COc1cccc(OCc2nnc(SCC(N)=O)s2)c1. The Kier molecular flexibility index (Phi) is 5.19. The fourth-order valence-electron chi connectivity index (χ4n) is 1.32. The van der Waals surface area contributed by atoms with Crippen LogP contribution in [0.25, 0.3) is 0 Å². The Labute approximate surface area is 124 Å². The molecule has 1 aromatic heterocycles. The summed E-state index contributed by atoms with van der Waals surface area (Å²) in [6, 6.07) is 7.33. The van der Waals surface area contributed by atoms with Crippen LogP contribution < -0.4 is 15.2 Å². The largest absolute Gasteiger partial charge is 0.497 e. The lowest BCUT2D eigenvalue weighted by Crippen LogP contribution is -2.12. The van der Waals surface area contributed by atoms with Gasteiger partial charge in [-0.15, -0.1) is 10.2 Å². The highest BCUT2D eigenvalue weighted by atomic mass is 32.2. The van der Waals surface area contributed by atoms with E-state index in [9.17, 15) is 4.79 Å². The Hall–Kier alpha value is -1.80. The van der Waals surface area contributed by atoms with Crippen molar-refractivity contribution in [3.8, 4) is 11.5 Å². The minimum atomic E-state index is -0.376. The third-order valence-electron chi connectivity index (χ3n) is 2.19. The number of ether oxygens (including phenoxy) is 2. The highest BCUT2D eigenvalue weighted by Gasteiger charge is 2.07. The molecule has 0 spiro atoms. The molecule has 0 aliphatic carbocycles. The van der Waals surface area contributed by atoms with E-state index in [0.717, 1.165) is 10.8 Å². The maximum atomic E-state index is 10.7. The van der Waals surface area contributed by atoms with Gasteiger partial charge < -0.3 is 15.2 Å². The van der Waals surface area contributed by atoms with Gasteiger partial charge in [-0.3, -0.25) is 4.79 Å². The van der Waals surface area contributed by atoms with Gasteiger partial charge in [-0.05, 0) is 12.1 Å². The molecule has 1 heterocycles. The first-order valence-corrected chi connectivity index (χ1v) is 7.48. The smallest absolute Gasteiger partial charge is 0.227 e. The molecule has 6 nitrogen and oxygen atoms in total. The van der Waals surface area contributed by atoms with Crippen LogP contribution in [0.2, 0.25) is 0 Å². The number of primary amides is 1. The lowest BCUT2D eigenvalue weighted by molar-refractivity contribution is -0.115. The normalized spacial score (nSPS) is 10.2. The molecule has 8 heteroatoms. The Bertz CT molecular complexity index is 589.